The number of rotatable bonds is 6. The van der Waals surface area contributed by atoms with Crippen LogP contribution in [0.1, 0.15) is 6.42 Å². The molecule has 0 aromatic rings. The zero-order valence-corrected chi connectivity index (χ0v) is 11.0. The smallest absolute Gasteiger partial charge is 0.309 e. The zero-order chi connectivity index (χ0) is 13.5. The van der Waals surface area contributed by atoms with Gasteiger partial charge < -0.3 is 16.4 Å². The summed E-state index contributed by atoms with van der Waals surface area (Å²) in [5, 5.41) is 4.48. The molecule has 0 rings (SSSR count). The van der Waals surface area contributed by atoms with E-state index >= 15 is 0 Å². The van der Waals surface area contributed by atoms with Crippen LogP contribution in [0.5, 0.6) is 0 Å². The Morgan fingerprint density at radius 2 is 1.76 bits per heavy atom. The van der Waals surface area contributed by atoms with Gasteiger partial charge in [0.1, 0.15) is 9.84 Å². The fraction of sp³-hybridized carbons (Fsp3) is 0.625. The van der Waals surface area contributed by atoms with Crippen LogP contribution >= 0.6 is 12.2 Å². The highest BCUT2D eigenvalue weighted by Gasteiger charge is 2.12. The van der Waals surface area contributed by atoms with Crippen molar-refractivity contribution in [3.05, 3.63) is 0 Å². The summed E-state index contributed by atoms with van der Waals surface area (Å²) in [4.78, 5) is 22.3. The van der Waals surface area contributed by atoms with E-state index < -0.39 is 21.7 Å². The Morgan fingerprint density at radius 1 is 1.24 bits per heavy atom. The van der Waals surface area contributed by atoms with Crippen molar-refractivity contribution in [2.45, 2.75) is 6.42 Å². The third-order valence-corrected chi connectivity index (χ3v) is 2.78. The maximum absolute atomic E-state index is 11.1. The van der Waals surface area contributed by atoms with E-state index in [0.717, 1.165) is 6.26 Å². The Labute approximate surface area is 105 Å². The number of nitrogens with two attached hydrogens (primary N) is 1. The summed E-state index contributed by atoms with van der Waals surface area (Å²) in [7, 11) is -3.05. The minimum absolute atomic E-state index is 0.0399. The Kier molecular flexibility index (Phi) is 6.66. The Hall–Kier alpha value is -1.22. The molecule has 2 amide bonds. The van der Waals surface area contributed by atoms with Gasteiger partial charge in [-0.15, -0.1) is 0 Å². The van der Waals surface area contributed by atoms with E-state index in [2.05, 4.69) is 22.9 Å². The maximum Gasteiger partial charge on any atom is 0.309 e. The summed E-state index contributed by atoms with van der Waals surface area (Å²) < 4.78 is 21.5. The van der Waals surface area contributed by atoms with Crippen LogP contribution < -0.4 is 16.4 Å². The summed E-state index contributed by atoms with van der Waals surface area (Å²) in [6, 6.07) is 0. The van der Waals surface area contributed by atoms with E-state index in [-0.39, 0.29) is 30.3 Å². The highest BCUT2D eigenvalue weighted by atomic mass is 32.2. The monoisotopic (exact) mass is 281 g/mol. The molecule has 9 heteroatoms. The van der Waals surface area contributed by atoms with Gasteiger partial charge in [-0.1, -0.05) is 12.2 Å². The standard InChI is InChI=1S/C8H15N3O4S2/c1-17(14,15)4-2-3-10-7(12)8(13)11-5-6(9)16/h2-5H2,1H3,(H2,9,16)(H,10,12)(H,11,13). The number of hydrogen-bond acceptors (Lipinski definition) is 5. The van der Waals surface area contributed by atoms with E-state index in [1.807, 2.05) is 0 Å². The quantitative estimate of drug-likeness (QED) is 0.293. The first-order valence-corrected chi connectivity index (χ1v) is 7.21. The van der Waals surface area contributed by atoms with Gasteiger partial charge in [0, 0.05) is 12.8 Å². The van der Waals surface area contributed by atoms with E-state index in [4.69, 9.17) is 5.73 Å². The van der Waals surface area contributed by atoms with Gasteiger partial charge in [0.05, 0.1) is 17.3 Å². The molecule has 7 nitrogen and oxygen atoms in total. The van der Waals surface area contributed by atoms with Gasteiger partial charge in [0.25, 0.3) is 0 Å². The molecule has 17 heavy (non-hydrogen) atoms. The molecule has 0 aliphatic heterocycles. The van der Waals surface area contributed by atoms with E-state index in [9.17, 15) is 18.0 Å². The molecule has 0 bridgehead atoms. The lowest BCUT2D eigenvalue weighted by atomic mass is 10.4. The van der Waals surface area contributed by atoms with Crippen molar-refractivity contribution < 1.29 is 18.0 Å². The maximum atomic E-state index is 11.1. The SMILES string of the molecule is CS(=O)(=O)CCCNC(=O)C(=O)NCC(N)=S. The second-order valence-electron chi connectivity index (χ2n) is 3.39. The van der Waals surface area contributed by atoms with Gasteiger partial charge in [-0.05, 0) is 6.42 Å². The minimum Gasteiger partial charge on any atom is -0.392 e. The number of amides is 2. The number of hydrogen-bond donors (Lipinski definition) is 3. The summed E-state index contributed by atoms with van der Waals surface area (Å²) in [5.74, 6) is -1.73. The summed E-state index contributed by atoms with van der Waals surface area (Å²) in [5.41, 5.74) is 5.13. The van der Waals surface area contributed by atoms with E-state index in [0.29, 0.717) is 0 Å². The van der Waals surface area contributed by atoms with Crippen LogP contribution in [-0.4, -0.2) is 50.3 Å². The number of nitrogens with one attached hydrogen (secondary N) is 2. The first kappa shape index (κ1) is 15.8. The molecule has 0 aromatic carbocycles. The highest BCUT2D eigenvalue weighted by molar-refractivity contribution is 7.90. The Morgan fingerprint density at radius 3 is 2.24 bits per heavy atom. The molecule has 4 N–H and O–H groups in total. The lowest BCUT2D eigenvalue weighted by molar-refractivity contribution is -0.139. The highest BCUT2D eigenvalue weighted by Crippen LogP contribution is 1.86. The fourth-order valence-corrected chi connectivity index (χ4v) is 1.61. The third-order valence-electron chi connectivity index (χ3n) is 1.61. The number of sulfone groups is 1. The van der Waals surface area contributed by atoms with Crippen molar-refractivity contribution >= 4 is 38.9 Å². The van der Waals surface area contributed by atoms with Crippen molar-refractivity contribution in [2.75, 3.05) is 25.1 Å². The van der Waals surface area contributed by atoms with Gasteiger partial charge in [-0.3, -0.25) is 9.59 Å². The first-order chi connectivity index (χ1) is 7.72. The Balaban J connectivity index is 3.79. The molecule has 0 saturated carbocycles. The molecule has 0 heterocycles. The average Bonchev–Trinajstić information content (AvgIpc) is 2.19. The van der Waals surface area contributed by atoms with Crippen LogP contribution in [0.25, 0.3) is 0 Å². The number of carbonyl (C=O) groups is 2. The second kappa shape index (κ2) is 7.17. The number of thiocarbonyl (C=S) groups is 1. The molecule has 0 aliphatic rings. The van der Waals surface area contributed by atoms with E-state index in [1.165, 1.54) is 0 Å². The van der Waals surface area contributed by atoms with Crippen molar-refractivity contribution in [3.63, 3.8) is 0 Å². The van der Waals surface area contributed by atoms with Crippen LogP contribution in [0.4, 0.5) is 0 Å². The second-order valence-corrected chi connectivity index (χ2v) is 6.17. The fourth-order valence-electron chi connectivity index (χ4n) is 0.864. The molecule has 0 aliphatic carbocycles. The Bertz CT molecular complexity index is 405. The average molecular weight is 281 g/mol. The van der Waals surface area contributed by atoms with Crippen LogP contribution in [0.15, 0.2) is 0 Å². The molecule has 0 aromatic heterocycles. The van der Waals surface area contributed by atoms with Gasteiger partial charge in [-0.25, -0.2) is 8.42 Å². The summed E-state index contributed by atoms with van der Waals surface area (Å²) >= 11 is 4.51. The van der Waals surface area contributed by atoms with Crippen molar-refractivity contribution in [1.29, 1.82) is 0 Å². The minimum atomic E-state index is -3.05. The van der Waals surface area contributed by atoms with Gasteiger partial charge in [0.15, 0.2) is 0 Å². The summed E-state index contributed by atoms with van der Waals surface area (Å²) in [6.45, 7) is 0.0668. The van der Waals surface area contributed by atoms with Crippen LogP contribution in [0.3, 0.4) is 0 Å². The molecule has 0 fully saturated rings. The topological polar surface area (TPSA) is 118 Å². The molecule has 0 atom stereocenters. The van der Waals surface area contributed by atoms with E-state index in [1.54, 1.807) is 0 Å². The molecule has 0 saturated heterocycles. The largest absolute Gasteiger partial charge is 0.392 e. The van der Waals surface area contributed by atoms with Gasteiger partial charge >= 0.3 is 11.8 Å². The summed E-state index contributed by atoms with van der Waals surface area (Å²) in [6.07, 6.45) is 1.36. The molecule has 0 radical (unpaired) electrons. The lowest BCUT2D eigenvalue weighted by Gasteiger charge is -2.05. The molecule has 0 spiro atoms. The van der Waals surface area contributed by atoms with Crippen LogP contribution in [0.2, 0.25) is 0 Å². The van der Waals surface area contributed by atoms with Crippen molar-refractivity contribution in [1.82, 2.24) is 10.6 Å². The molecule has 98 valence electrons. The van der Waals surface area contributed by atoms with Gasteiger partial charge in [0.2, 0.25) is 0 Å². The third kappa shape index (κ3) is 9.69. The van der Waals surface area contributed by atoms with Crippen molar-refractivity contribution in [2.24, 2.45) is 5.73 Å². The number of carbonyl (C=O) groups excluding carboxylic acids is 2. The zero-order valence-electron chi connectivity index (χ0n) is 9.36. The predicted molar refractivity (Wildman–Crippen MR) is 67.1 cm³/mol. The molecular formula is C8H15N3O4S2. The molecular weight excluding hydrogens is 266 g/mol. The first-order valence-electron chi connectivity index (χ1n) is 4.74. The van der Waals surface area contributed by atoms with Crippen LogP contribution in [0, 0.1) is 0 Å². The lowest BCUT2D eigenvalue weighted by Crippen LogP contribution is -2.43. The van der Waals surface area contributed by atoms with Crippen LogP contribution in [-0.2, 0) is 19.4 Å². The normalized spacial score (nSPS) is 10.6. The van der Waals surface area contributed by atoms with Crippen molar-refractivity contribution in [3.8, 4) is 0 Å². The predicted octanol–water partition coefficient (Wildman–Crippen LogP) is -2.06. The van der Waals surface area contributed by atoms with Gasteiger partial charge in [-0.2, -0.15) is 0 Å². The molecule has 0 unspecified atom stereocenters.